The highest BCUT2D eigenvalue weighted by Gasteiger charge is 2.13. The number of anilines is 1. The summed E-state index contributed by atoms with van der Waals surface area (Å²) in [4.78, 5) is 27.6. The predicted octanol–water partition coefficient (Wildman–Crippen LogP) is 3.23. The van der Waals surface area contributed by atoms with Gasteiger partial charge in [0.15, 0.2) is 0 Å². The molecular weight excluding hydrogens is 394 g/mol. The zero-order chi connectivity index (χ0) is 22.2. The number of nitrogens with zero attached hydrogens (tertiary/aromatic N) is 1. The van der Waals surface area contributed by atoms with Crippen LogP contribution in [0.5, 0.6) is 0 Å². The summed E-state index contributed by atoms with van der Waals surface area (Å²) in [5.74, 6) is -0.838. The van der Waals surface area contributed by atoms with Crippen LogP contribution >= 0.6 is 0 Å². The van der Waals surface area contributed by atoms with Gasteiger partial charge in [-0.3, -0.25) is 9.59 Å². The lowest BCUT2D eigenvalue weighted by Gasteiger charge is -2.12. The third-order valence-electron chi connectivity index (χ3n) is 4.85. The number of rotatable bonds is 9. The molecule has 1 heterocycles. The van der Waals surface area contributed by atoms with Crippen molar-refractivity contribution in [2.75, 3.05) is 11.9 Å². The minimum atomic E-state index is -1.04. The summed E-state index contributed by atoms with van der Waals surface area (Å²) in [6, 6.07) is 19.1. The van der Waals surface area contributed by atoms with Gasteiger partial charge in [-0.1, -0.05) is 48.5 Å². The molecule has 1 amide bonds. The van der Waals surface area contributed by atoms with Gasteiger partial charge >= 0.3 is 5.97 Å². The molecule has 0 radical (unpaired) electrons. The Kier molecular flexibility index (Phi) is 7.48. The number of aliphatic carboxylic acids is 1. The van der Waals surface area contributed by atoms with E-state index < -0.39 is 12.1 Å². The standard InChI is InChI=1S/C24H25N3O4/c1-16-20(18-6-3-2-4-7-18)8-5-9-21(16)24(31)27-22-11-10-17(14-26-22)13-25-15-19(28)12-23(29)30/h2-11,14,19,25,28H,12-13,15H2,1H3,(H,29,30)(H,26,27,31)/t19-/m0/s1. The third kappa shape index (κ3) is 6.21. The van der Waals surface area contributed by atoms with E-state index in [0.29, 0.717) is 17.9 Å². The van der Waals surface area contributed by atoms with Gasteiger partial charge < -0.3 is 20.8 Å². The van der Waals surface area contributed by atoms with Crippen molar-refractivity contribution in [2.24, 2.45) is 0 Å². The highest BCUT2D eigenvalue weighted by atomic mass is 16.4. The third-order valence-corrected chi connectivity index (χ3v) is 4.85. The molecule has 0 unspecified atom stereocenters. The van der Waals surface area contributed by atoms with Crippen molar-refractivity contribution in [1.82, 2.24) is 10.3 Å². The largest absolute Gasteiger partial charge is 0.481 e. The number of carboxylic acids is 1. The Balaban J connectivity index is 1.61. The van der Waals surface area contributed by atoms with E-state index in [2.05, 4.69) is 15.6 Å². The van der Waals surface area contributed by atoms with Crippen molar-refractivity contribution < 1.29 is 19.8 Å². The smallest absolute Gasteiger partial charge is 0.306 e. The van der Waals surface area contributed by atoms with Gasteiger partial charge in [-0.25, -0.2) is 4.98 Å². The van der Waals surface area contributed by atoms with Crippen LogP contribution in [0.2, 0.25) is 0 Å². The van der Waals surface area contributed by atoms with Crippen LogP contribution in [0.25, 0.3) is 11.1 Å². The van der Waals surface area contributed by atoms with Gasteiger partial charge in [0.25, 0.3) is 5.91 Å². The first kappa shape index (κ1) is 22.1. The fraction of sp³-hybridized carbons (Fsp3) is 0.208. The van der Waals surface area contributed by atoms with Crippen molar-refractivity contribution >= 4 is 17.7 Å². The van der Waals surface area contributed by atoms with E-state index in [4.69, 9.17) is 5.11 Å². The van der Waals surface area contributed by atoms with Crippen LogP contribution in [0.1, 0.15) is 27.9 Å². The van der Waals surface area contributed by atoms with Crippen molar-refractivity contribution in [3.63, 3.8) is 0 Å². The zero-order valence-corrected chi connectivity index (χ0v) is 17.2. The van der Waals surface area contributed by atoms with Crippen LogP contribution in [-0.2, 0) is 11.3 Å². The second kappa shape index (κ2) is 10.5. The van der Waals surface area contributed by atoms with Crippen LogP contribution in [-0.4, -0.2) is 39.7 Å². The number of aromatic nitrogens is 1. The quantitative estimate of drug-likeness (QED) is 0.424. The Bertz CT molecular complexity index is 1040. The monoisotopic (exact) mass is 419 g/mol. The van der Waals surface area contributed by atoms with Crippen LogP contribution < -0.4 is 10.6 Å². The van der Waals surface area contributed by atoms with Crippen molar-refractivity contribution in [2.45, 2.75) is 26.0 Å². The molecule has 0 saturated carbocycles. The van der Waals surface area contributed by atoms with Crippen LogP contribution in [0.15, 0.2) is 66.9 Å². The van der Waals surface area contributed by atoms with Crippen LogP contribution in [0, 0.1) is 6.92 Å². The van der Waals surface area contributed by atoms with Gasteiger partial charge in [-0.2, -0.15) is 0 Å². The van der Waals surface area contributed by atoms with Crippen LogP contribution in [0.4, 0.5) is 5.82 Å². The Morgan fingerprint density at radius 3 is 2.48 bits per heavy atom. The molecule has 0 aliphatic heterocycles. The van der Waals surface area contributed by atoms with E-state index in [-0.39, 0.29) is 18.9 Å². The number of nitrogens with one attached hydrogen (secondary N) is 2. The minimum absolute atomic E-state index is 0.168. The first-order chi connectivity index (χ1) is 14.9. The molecule has 0 spiro atoms. The van der Waals surface area contributed by atoms with E-state index in [9.17, 15) is 14.7 Å². The number of pyridine rings is 1. The molecule has 160 valence electrons. The Morgan fingerprint density at radius 2 is 1.81 bits per heavy atom. The van der Waals surface area contributed by atoms with Crippen molar-refractivity contribution in [1.29, 1.82) is 0 Å². The number of amides is 1. The van der Waals surface area contributed by atoms with E-state index in [1.807, 2.05) is 55.5 Å². The van der Waals surface area contributed by atoms with E-state index in [1.165, 1.54) is 0 Å². The predicted molar refractivity (Wildman–Crippen MR) is 119 cm³/mol. The normalized spacial score (nSPS) is 11.7. The number of aliphatic hydroxyl groups excluding tert-OH is 1. The van der Waals surface area contributed by atoms with Gasteiger partial charge in [0.2, 0.25) is 0 Å². The van der Waals surface area contributed by atoms with E-state index in [1.54, 1.807) is 18.3 Å². The lowest BCUT2D eigenvalue weighted by Crippen LogP contribution is -2.28. The molecule has 7 heteroatoms. The van der Waals surface area contributed by atoms with Crippen molar-refractivity contribution in [3.8, 4) is 11.1 Å². The summed E-state index contributed by atoms with van der Waals surface area (Å²) in [6.45, 7) is 2.52. The summed E-state index contributed by atoms with van der Waals surface area (Å²) in [5.41, 5.74) is 4.39. The maximum absolute atomic E-state index is 12.8. The van der Waals surface area contributed by atoms with E-state index in [0.717, 1.165) is 22.3 Å². The SMILES string of the molecule is Cc1c(C(=O)Nc2ccc(CNC[C@@H](O)CC(=O)O)cn2)cccc1-c1ccccc1. The Morgan fingerprint density at radius 1 is 1.03 bits per heavy atom. The summed E-state index contributed by atoms with van der Waals surface area (Å²) < 4.78 is 0. The molecule has 2 aromatic carbocycles. The van der Waals surface area contributed by atoms with Gasteiger partial charge in [-0.15, -0.1) is 0 Å². The lowest BCUT2D eigenvalue weighted by atomic mass is 9.96. The highest BCUT2D eigenvalue weighted by molar-refractivity contribution is 6.05. The van der Waals surface area contributed by atoms with Gasteiger partial charge in [0.05, 0.1) is 12.5 Å². The topological polar surface area (TPSA) is 112 Å². The molecule has 0 fully saturated rings. The molecule has 0 aliphatic carbocycles. The number of benzene rings is 2. The molecule has 0 bridgehead atoms. The average molecular weight is 419 g/mol. The molecule has 3 rings (SSSR count). The number of carboxylic acid groups (broad SMARTS) is 1. The molecule has 0 aliphatic rings. The summed E-state index contributed by atoms with van der Waals surface area (Å²) in [5, 5.41) is 24.0. The summed E-state index contributed by atoms with van der Waals surface area (Å²) in [6.07, 6.45) is 0.375. The Labute approximate surface area is 180 Å². The number of aliphatic hydroxyl groups is 1. The average Bonchev–Trinajstić information content (AvgIpc) is 2.75. The number of hydrogen-bond acceptors (Lipinski definition) is 5. The highest BCUT2D eigenvalue weighted by Crippen LogP contribution is 2.26. The lowest BCUT2D eigenvalue weighted by molar-refractivity contribution is -0.139. The first-order valence-corrected chi connectivity index (χ1v) is 9.96. The molecule has 4 N–H and O–H groups in total. The van der Waals surface area contributed by atoms with Crippen LogP contribution in [0.3, 0.4) is 0 Å². The van der Waals surface area contributed by atoms with Gasteiger partial charge in [0, 0.05) is 24.8 Å². The molecule has 1 atom stereocenters. The van der Waals surface area contributed by atoms with E-state index >= 15 is 0 Å². The molecule has 31 heavy (non-hydrogen) atoms. The van der Waals surface area contributed by atoms with Gasteiger partial charge in [-0.05, 0) is 41.3 Å². The van der Waals surface area contributed by atoms with Crippen molar-refractivity contribution in [3.05, 3.63) is 83.6 Å². The molecule has 0 saturated heterocycles. The summed E-state index contributed by atoms with van der Waals surface area (Å²) >= 11 is 0. The number of hydrogen-bond donors (Lipinski definition) is 4. The second-order valence-corrected chi connectivity index (χ2v) is 7.23. The minimum Gasteiger partial charge on any atom is -0.481 e. The molecule has 1 aromatic heterocycles. The number of carbonyl (C=O) groups is 2. The second-order valence-electron chi connectivity index (χ2n) is 7.23. The maximum Gasteiger partial charge on any atom is 0.306 e. The van der Waals surface area contributed by atoms with Gasteiger partial charge in [0.1, 0.15) is 5.82 Å². The molecule has 7 nitrogen and oxygen atoms in total. The zero-order valence-electron chi connectivity index (χ0n) is 17.2. The summed E-state index contributed by atoms with van der Waals surface area (Å²) in [7, 11) is 0. The Hall–Kier alpha value is -3.55. The molecule has 3 aromatic rings. The molecular formula is C24H25N3O4. The number of carbonyl (C=O) groups excluding carboxylic acids is 1. The fourth-order valence-corrected chi connectivity index (χ4v) is 3.26. The maximum atomic E-state index is 12.8. The first-order valence-electron chi connectivity index (χ1n) is 9.96. The fourth-order valence-electron chi connectivity index (χ4n) is 3.26.